The fourth-order valence-corrected chi connectivity index (χ4v) is 2.43. The molecule has 1 aliphatic rings. The zero-order chi connectivity index (χ0) is 13.7. The molecule has 3 nitrogen and oxygen atoms in total. The zero-order valence-electron chi connectivity index (χ0n) is 10.8. The van der Waals surface area contributed by atoms with E-state index < -0.39 is 11.6 Å². The molecule has 0 aliphatic carbocycles. The van der Waals surface area contributed by atoms with Crippen molar-refractivity contribution in [2.75, 3.05) is 19.8 Å². The van der Waals surface area contributed by atoms with Gasteiger partial charge in [-0.3, -0.25) is 0 Å². The molecule has 1 saturated heterocycles. The van der Waals surface area contributed by atoms with Gasteiger partial charge in [0, 0.05) is 31.9 Å². The van der Waals surface area contributed by atoms with E-state index in [4.69, 9.17) is 4.74 Å². The Labute approximate surface area is 111 Å². The lowest BCUT2D eigenvalue weighted by Crippen LogP contribution is -2.49. The first kappa shape index (κ1) is 14.4. The van der Waals surface area contributed by atoms with Crippen LogP contribution in [0.1, 0.15) is 24.8 Å². The van der Waals surface area contributed by atoms with E-state index in [1.807, 2.05) is 0 Å². The first-order valence-electron chi connectivity index (χ1n) is 6.53. The Balaban J connectivity index is 1.99. The average molecular weight is 271 g/mol. The second kappa shape index (κ2) is 6.41. The van der Waals surface area contributed by atoms with E-state index in [1.54, 1.807) is 6.07 Å². The smallest absolute Gasteiger partial charge is 0.159 e. The van der Waals surface area contributed by atoms with Crippen LogP contribution in [0.25, 0.3) is 0 Å². The van der Waals surface area contributed by atoms with Gasteiger partial charge in [-0.05, 0) is 37.0 Å². The number of ether oxygens (including phenoxy) is 1. The van der Waals surface area contributed by atoms with E-state index in [1.165, 1.54) is 6.07 Å². The Morgan fingerprint density at radius 1 is 1.21 bits per heavy atom. The van der Waals surface area contributed by atoms with Gasteiger partial charge in [0.15, 0.2) is 11.6 Å². The third-order valence-electron chi connectivity index (χ3n) is 3.69. The second-order valence-corrected chi connectivity index (χ2v) is 4.97. The number of halogens is 2. The number of benzene rings is 1. The Kier molecular flexibility index (Phi) is 4.85. The van der Waals surface area contributed by atoms with Crippen LogP contribution in [-0.2, 0) is 11.3 Å². The van der Waals surface area contributed by atoms with E-state index in [0.29, 0.717) is 31.7 Å². The van der Waals surface area contributed by atoms with E-state index >= 15 is 0 Å². The monoisotopic (exact) mass is 271 g/mol. The van der Waals surface area contributed by atoms with Gasteiger partial charge in [0.2, 0.25) is 0 Å². The van der Waals surface area contributed by atoms with Crippen molar-refractivity contribution in [3.63, 3.8) is 0 Å². The number of rotatable bonds is 5. The van der Waals surface area contributed by atoms with Gasteiger partial charge in [-0.1, -0.05) is 6.07 Å². The third-order valence-corrected chi connectivity index (χ3v) is 3.69. The van der Waals surface area contributed by atoms with Crippen LogP contribution in [-0.4, -0.2) is 30.5 Å². The summed E-state index contributed by atoms with van der Waals surface area (Å²) >= 11 is 0. The molecule has 1 heterocycles. The summed E-state index contributed by atoms with van der Waals surface area (Å²) in [6, 6.07) is 3.90. The van der Waals surface area contributed by atoms with Crippen LogP contribution in [0.4, 0.5) is 8.78 Å². The summed E-state index contributed by atoms with van der Waals surface area (Å²) in [7, 11) is 0. The Morgan fingerprint density at radius 3 is 2.58 bits per heavy atom. The highest BCUT2D eigenvalue weighted by Gasteiger charge is 2.31. The minimum Gasteiger partial charge on any atom is -0.396 e. The molecular weight excluding hydrogens is 252 g/mol. The molecule has 1 fully saturated rings. The Morgan fingerprint density at radius 2 is 1.95 bits per heavy atom. The molecule has 0 unspecified atom stereocenters. The van der Waals surface area contributed by atoms with Crippen molar-refractivity contribution in [1.82, 2.24) is 5.32 Å². The number of aliphatic hydroxyl groups is 1. The third kappa shape index (κ3) is 3.72. The predicted octanol–water partition coefficient (Wildman–Crippen LogP) is 1.99. The Bertz CT molecular complexity index is 414. The summed E-state index contributed by atoms with van der Waals surface area (Å²) in [4.78, 5) is 0. The molecule has 19 heavy (non-hydrogen) atoms. The van der Waals surface area contributed by atoms with Crippen molar-refractivity contribution < 1.29 is 18.6 Å². The molecule has 0 radical (unpaired) electrons. The number of aliphatic hydroxyl groups excluding tert-OH is 1. The molecule has 1 aromatic rings. The number of nitrogens with one attached hydrogen (secondary N) is 1. The van der Waals surface area contributed by atoms with Gasteiger partial charge in [0.05, 0.1) is 0 Å². The van der Waals surface area contributed by atoms with Crippen molar-refractivity contribution in [3.05, 3.63) is 35.4 Å². The molecule has 0 amide bonds. The topological polar surface area (TPSA) is 41.5 Å². The maximum Gasteiger partial charge on any atom is 0.159 e. The van der Waals surface area contributed by atoms with Gasteiger partial charge >= 0.3 is 0 Å². The summed E-state index contributed by atoms with van der Waals surface area (Å²) in [5.74, 6) is -1.66. The van der Waals surface area contributed by atoms with Crippen LogP contribution in [0, 0.1) is 11.6 Å². The molecule has 0 atom stereocenters. The fourth-order valence-electron chi connectivity index (χ4n) is 2.43. The molecule has 0 bridgehead atoms. The highest BCUT2D eigenvalue weighted by Crippen LogP contribution is 2.25. The summed E-state index contributed by atoms with van der Waals surface area (Å²) in [6.07, 6.45) is 2.27. The van der Waals surface area contributed by atoms with Crippen molar-refractivity contribution in [3.8, 4) is 0 Å². The molecule has 2 rings (SSSR count). The fraction of sp³-hybridized carbons (Fsp3) is 0.571. The predicted molar refractivity (Wildman–Crippen MR) is 67.7 cm³/mol. The van der Waals surface area contributed by atoms with E-state index in [9.17, 15) is 13.9 Å². The van der Waals surface area contributed by atoms with Crippen molar-refractivity contribution in [2.45, 2.75) is 31.3 Å². The van der Waals surface area contributed by atoms with Crippen molar-refractivity contribution >= 4 is 0 Å². The van der Waals surface area contributed by atoms with E-state index in [2.05, 4.69) is 5.32 Å². The molecule has 1 aliphatic heterocycles. The second-order valence-electron chi connectivity index (χ2n) is 4.97. The molecule has 0 spiro atoms. The van der Waals surface area contributed by atoms with Gasteiger partial charge in [0.25, 0.3) is 0 Å². The average Bonchev–Trinajstić information content (AvgIpc) is 2.42. The number of hydrogen-bond donors (Lipinski definition) is 2. The van der Waals surface area contributed by atoms with Crippen LogP contribution in [0.2, 0.25) is 0 Å². The van der Waals surface area contributed by atoms with Crippen molar-refractivity contribution in [1.29, 1.82) is 0 Å². The van der Waals surface area contributed by atoms with Crippen LogP contribution >= 0.6 is 0 Å². The Hall–Kier alpha value is -1.04. The molecule has 0 saturated carbocycles. The lowest BCUT2D eigenvalue weighted by molar-refractivity contribution is 0.0267. The minimum absolute atomic E-state index is 0.102. The summed E-state index contributed by atoms with van der Waals surface area (Å²) < 4.78 is 31.3. The standard InChI is InChI=1S/C14H19F2NO2/c15-12-2-1-11(9-13(12)16)10-17-14(3-6-18)4-7-19-8-5-14/h1-2,9,17-18H,3-8,10H2. The first-order valence-corrected chi connectivity index (χ1v) is 6.53. The molecule has 2 N–H and O–H groups in total. The normalized spacial score (nSPS) is 18.5. The quantitative estimate of drug-likeness (QED) is 0.860. The van der Waals surface area contributed by atoms with Gasteiger partial charge in [-0.2, -0.15) is 0 Å². The summed E-state index contributed by atoms with van der Waals surface area (Å²) in [5, 5.41) is 12.5. The van der Waals surface area contributed by atoms with Gasteiger partial charge in [0.1, 0.15) is 0 Å². The van der Waals surface area contributed by atoms with Crippen LogP contribution in [0.15, 0.2) is 18.2 Å². The molecular formula is C14H19F2NO2. The largest absolute Gasteiger partial charge is 0.396 e. The van der Waals surface area contributed by atoms with Gasteiger partial charge in [-0.25, -0.2) is 8.78 Å². The highest BCUT2D eigenvalue weighted by molar-refractivity contribution is 5.18. The zero-order valence-corrected chi connectivity index (χ0v) is 10.8. The molecule has 0 aromatic heterocycles. The maximum absolute atomic E-state index is 13.1. The number of hydrogen-bond acceptors (Lipinski definition) is 3. The lowest BCUT2D eigenvalue weighted by Gasteiger charge is -2.38. The molecule has 5 heteroatoms. The SMILES string of the molecule is OCCC1(NCc2ccc(F)c(F)c2)CCOCC1. The molecule has 106 valence electrons. The minimum atomic E-state index is -0.833. The first-order chi connectivity index (χ1) is 9.15. The summed E-state index contributed by atoms with van der Waals surface area (Å²) in [5.41, 5.74) is 0.528. The maximum atomic E-state index is 13.1. The van der Waals surface area contributed by atoms with E-state index in [-0.39, 0.29) is 12.1 Å². The van der Waals surface area contributed by atoms with Gasteiger partial charge in [-0.15, -0.1) is 0 Å². The van der Waals surface area contributed by atoms with Crippen LogP contribution in [0.3, 0.4) is 0 Å². The summed E-state index contributed by atoms with van der Waals surface area (Å²) in [6.45, 7) is 1.87. The van der Waals surface area contributed by atoms with Gasteiger partial charge < -0.3 is 15.2 Å². The van der Waals surface area contributed by atoms with Crippen LogP contribution in [0.5, 0.6) is 0 Å². The highest BCUT2D eigenvalue weighted by atomic mass is 19.2. The van der Waals surface area contributed by atoms with Crippen LogP contribution < -0.4 is 5.32 Å². The van der Waals surface area contributed by atoms with Crippen molar-refractivity contribution in [2.24, 2.45) is 0 Å². The van der Waals surface area contributed by atoms with E-state index in [0.717, 1.165) is 18.9 Å². The molecule has 1 aromatic carbocycles. The lowest BCUT2D eigenvalue weighted by atomic mass is 9.86.